The molecule has 0 atom stereocenters. The first kappa shape index (κ1) is 16.4. The Balaban J connectivity index is 3.38. The highest BCUT2D eigenvalue weighted by molar-refractivity contribution is 5.60. The maximum Gasteiger partial charge on any atom is 0.145 e. The molecule has 0 radical (unpaired) electrons. The number of allylic oxidation sites excluding steroid dienone is 1. The fourth-order valence-electron chi connectivity index (χ4n) is 1.73. The van der Waals surface area contributed by atoms with E-state index in [9.17, 15) is 4.39 Å². The normalized spacial score (nSPS) is 12.1. The molecule has 0 fully saturated rings. The molecule has 2 heteroatoms. The summed E-state index contributed by atoms with van der Waals surface area (Å²) in [5.41, 5.74) is 3.18. The van der Waals surface area contributed by atoms with Gasteiger partial charge in [0.15, 0.2) is 0 Å². The second-order valence-corrected chi connectivity index (χ2v) is 6.06. The van der Waals surface area contributed by atoms with Crippen LogP contribution in [0, 0.1) is 23.1 Å². The van der Waals surface area contributed by atoms with Crippen LogP contribution >= 0.6 is 0 Å². The zero-order valence-corrected chi connectivity index (χ0v) is 13.4. The van der Waals surface area contributed by atoms with Crippen LogP contribution in [-0.4, -0.2) is 4.98 Å². The fraction of sp³-hybridized carbons (Fsp3) is 0.500. The van der Waals surface area contributed by atoms with Gasteiger partial charge in [-0.1, -0.05) is 51.7 Å². The van der Waals surface area contributed by atoms with Crippen molar-refractivity contribution in [3.63, 3.8) is 0 Å². The molecule has 0 bridgehead atoms. The summed E-state index contributed by atoms with van der Waals surface area (Å²) < 4.78 is 14.1. The summed E-state index contributed by atoms with van der Waals surface area (Å²) in [5, 5.41) is 0. The van der Waals surface area contributed by atoms with Crippen molar-refractivity contribution in [2.45, 2.75) is 54.4 Å². The van der Waals surface area contributed by atoms with Crippen LogP contribution in [0.25, 0.3) is 6.08 Å². The lowest BCUT2D eigenvalue weighted by Gasteiger charge is -2.19. The summed E-state index contributed by atoms with van der Waals surface area (Å²) in [5.74, 6) is 5.61. The molecule has 1 heterocycles. The summed E-state index contributed by atoms with van der Waals surface area (Å²) in [6.45, 7) is 12.3. The predicted octanol–water partition coefficient (Wildman–Crippen LogP) is 4.99. The van der Waals surface area contributed by atoms with Crippen LogP contribution in [0.1, 0.15) is 64.9 Å². The molecule has 1 rings (SSSR count). The van der Waals surface area contributed by atoms with E-state index in [1.54, 1.807) is 13.0 Å². The van der Waals surface area contributed by atoms with Gasteiger partial charge in [0, 0.05) is 5.56 Å². The van der Waals surface area contributed by atoms with Gasteiger partial charge < -0.3 is 0 Å². The second kappa shape index (κ2) is 6.70. The Kier molecular flexibility index (Phi) is 5.51. The highest BCUT2D eigenvalue weighted by Crippen LogP contribution is 2.27. The third-order valence-electron chi connectivity index (χ3n) is 3.36. The Bertz CT molecular complexity index is 566. The third-order valence-corrected chi connectivity index (χ3v) is 3.36. The summed E-state index contributed by atoms with van der Waals surface area (Å²) in [6.07, 6.45) is 3.51. The van der Waals surface area contributed by atoms with Gasteiger partial charge in [0.1, 0.15) is 11.5 Å². The van der Waals surface area contributed by atoms with E-state index in [1.165, 1.54) is 5.57 Å². The van der Waals surface area contributed by atoms with Gasteiger partial charge >= 0.3 is 0 Å². The van der Waals surface area contributed by atoms with Crippen molar-refractivity contribution < 1.29 is 4.39 Å². The number of nitrogens with zero attached hydrogens (tertiary/aromatic N) is 1. The maximum atomic E-state index is 14.1. The quantitative estimate of drug-likeness (QED) is 0.707. The predicted molar refractivity (Wildman–Crippen MR) is 83.8 cm³/mol. The van der Waals surface area contributed by atoms with Crippen molar-refractivity contribution in [1.82, 2.24) is 4.98 Å². The average molecular weight is 273 g/mol. The van der Waals surface area contributed by atoms with Gasteiger partial charge in [0.05, 0.1) is 5.69 Å². The van der Waals surface area contributed by atoms with Gasteiger partial charge in [-0.2, -0.15) is 0 Å². The molecule has 1 aromatic rings. The molecule has 1 nitrogen and oxygen atoms in total. The minimum Gasteiger partial charge on any atom is -0.241 e. The summed E-state index contributed by atoms with van der Waals surface area (Å²) >= 11 is 0. The third kappa shape index (κ3) is 4.20. The second-order valence-electron chi connectivity index (χ2n) is 6.06. The molecule has 0 saturated heterocycles. The van der Waals surface area contributed by atoms with Gasteiger partial charge in [0.25, 0.3) is 0 Å². The Morgan fingerprint density at radius 1 is 1.40 bits per heavy atom. The Labute approximate surface area is 122 Å². The highest BCUT2D eigenvalue weighted by atomic mass is 19.1. The Hall–Kier alpha value is -1.62. The molecule has 0 aliphatic carbocycles. The molecule has 108 valence electrons. The molecular weight excluding hydrogens is 249 g/mol. The minimum atomic E-state index is -0.235. The van der Waals surface area contributed by atoms with Crippen molar-refractivity contribution in [3.05, 3.63) is 34.4 Å². The van der Waals surface area contributed by atoms with Crippen LogP contribution in [0.5, 0.6) is 0 Å². The van der Waals surface area contributed by atoms with Gasteiger partial charge in [-0.3, -0.25) is 0 Å². The number of hydrogen-bond donors (Lipinski definition) is 0. The molecule has 0 aromatic carbocycles. The van der Waals surface area contributed by atoms with Crippen molar-refractivity contribution in [2.24, 2.45) is 5.41 Å². The summed E-state index contributed by atoms with van der Waals surface area (Å²) in [7, 11) is 0. The monoisotopic (exact) mass is 273 g/mol. The molecule has 0 unspecified atom stereocenters. The summed E-state index contributed by atoms with van der Waals surface area (Å²) in [4.78, 5) is 4.39. The van der Waals surface area contributed by atoms with Crippen LogP contribution in [0.4, 0.5) is 4.39 Å². The summed E-state index contributed by atoms with van der Waals surface area (Å²) in [6, 6.07) is 1.56. The number of hydrogen-bond acceptors (Lipinski definition) is 1. The van der Waals surface area contributed by atoms with Gasteiger partial charge in [-0.25, -0.2) is 9.37 Å². The van der Waals surface area contributed by atoms with E-state index in [0.717, 1.165) is 12.0 Å². The molecule has 20 heavy (non-hydrogen) atoms. The van der Waals surface area contributed by atoms with E-state index >= 15 is 0 Å². The number of aryl methyl sites for hydroxylation is 1. The molecule has 1 aromatic heterocycles. The van der Waals surface area contributed by atoms with Crippen LogP contribution in [-0.2, 0) is 6.42 Å². The highest BCUT2D eigenvalue weighted by Gasteiger charge is 2.14. The van der Waals surface area contributed by atoms with Crippen molar-refractivity contribution in [2.75, 3.05) is 0 Å². The van der Waals surface area contributed by atoms with Crippen LogP contribution < -0.4 is 0 Å². The SMILES string of the molecule is CC#Cc1nc(CCC)c(F)cc1/C=C(\C)C(C)(C)C. The number of pyridine rings is 1. The van der Waals surface area contributed by atoms with E-state index in [4.69, 9.17) is 0 Å². The number of rotatable bonds is 3. The van der Waals surface area contributed by atoms with Crippen molar-refractivity contribution in [1.29, 1.82) is 0 Å². The largest absolute Gasteiger partial charge is 0.241 e. The maximum absolute atomic E-state index is 14.1. The molecule has 0 aliphatic rings. The Morgan fingerprint density at radius 2 is 2.05 bits per heavy atom. The lowest BCUT2D eigenvalue weighted by molar-refractivity contribution is 0.508. The Morgan fingerprint density at radius 3 is 2.55 bits per heavy atom. The van der Waals surface area contributed by atoms with Crippen molar-refractivity contribution in [3.8, 4) is 11.8 Å². The first-order valence-electron chi connectivity index (χ1n) is 7.10. The zero-order chi connectivity index (χ0) is 15.3. The molecule has 0 aliphatic heterocycles. The van der Waals surface area contributed by atoms with E-state index in [-0.39, 0.29) is 11.2 Å². The van der Waals surface area contributed by atoms with E-state index < -0.39 is 0 Å². The first-order chi connectivity index (χ1) is 9.29. The van der Waals surface area contributed by atoms with Crippen LogP contribution in [0.2, 0.25) is 0 Å². The fourth-order valence-corrected chi connectivity index (χ4v) is 1.73. The van der Waals surface area contributed by atoms with Gasteiger partial charge in [-0.05, 0) is 37.7 Å². The van der Waals surface area contributed by atoms with Gasteiger partial charge in [0.2, 0.25) is 0 Å². The van der Waals surface area contributed by atoms with Crippen molar-refractivity contribution >= 4 is 6.08 Å². The van der Waals surface area contributed by atoms with Crippen LogP contribution in [0.3, 0.4) is 0 Å². The zero-order valence-electron chi connectivity index (χ0n) is 13.4. The molecule has 0 amide bonds. The first-order valence-corrected chi connectivity index (χ1v) is 7.10. The molecular formula is C18H24FN. The number of aromatic nitrogens is 1. The standard InChI is InChI=1S/C18H24FN/c1-7-9-16-14(11-13(3)18(4,5)6)12-15(19)17(20-16)10-8-2/h11-12H,8,10H2,1-6H3/b13-11+. The minimum absolute atomic E-state index is 0.0511. The smallest absolute Gasteiger partial charge is 0.145 e. The molecule has 0 saturated carbocycles. The van der Waals surface area contributed by atoms with E-state index in [1.807, 2.05) is 13.0 Å². The molecule has 0 spiro atoms. The number of halogens is 1. The van der Waals surface area contributed by atoms with Gasteiger partial charge in [-0.15, -0.1) is 0 Å². The van der Waals surface area contributed by atoms with E-state index in [0.29, 0.717) is 17.8 Å². The lowest BCUT2D eigenvalue weighted by Crippen LogP contribution is -2.07. The van der Waals surface area contributed by atoms with E-state index in [2.05, 4.69) is 44.5 Å². The molecule has 0 N–H and O–H groups in total. The average Bonchev–Trinajstić information content (AvgIpc) is 2.34. The lowest BCUT2D eigenvalue weighted by atomic mass is 9.86. The topological polar surface area (TPSA) is 12.9 Å². The van der Waals surface area contributed by atoms with Crippen LogP contribution in [0.15, 0.2) is 11.6 Å².